The van der Waals surface area contributed by atoms with E-state index in [4.69, 9.17) is 0 Å². The number of nitrogens with one attached hydrogen (secondary N) is 1. The van der Waals surface area contributed by atoms with Crippen molar-refractivity contribution >= 4 is 49.2 Å². The third-order valence-corrected chi connectivity index (χ3v) is 5.23. The molecule has 2 aromatic heterocycles. The molecule has 0 radical (unpaired) electrons. The quantitative estimate of drug-likeness (QED) is 0.522. The van der Waals surface area contributed by atoms with Crippen LogP contribution in [0.1, 0.15) is 11.6 Å². The molecular formula is C19H13BrN4O2S. The van der Waals surface area contributed by atoms with E-state index in [1.54, 1.807) is 29.8 Å². The number of hydrogen-bond donors (Lipinski definition) is 1. The van der Waals surface area contributed by atoms with E-state index in [1.807, 2.05) is 30.3 Å². The highest BCUT2D eigenvalue weighted by atomic mass is 79.9. The summed E-state index contributed by atoms with van der Waals surface area (Å²) in [6.45, 7) is 0. The van der Waals surface area contributed by atoms with Crippen LogP contribution in [0.3, 0.4) is 0 Å². The standard InChI is InChI=1S/C19H13BrN4O2S/c20-13-6-7-14-15(10-13)22-11-24(18(14)26)16(12-4-2-1-3-5-12)17(25)23-19-21-8-9-27-19/h1-11,16H,(H,21,23,25). The summed E-state index contributed by atoms with van der Waals surface area (Å²) in [7, 11) is 0. The van der Waals surface area contributed by atoms with Crippen molar-refractivity contribution < 1.29 is 4.79 Å². The number of rotatable bonds is 4. The fraction of sp³-hybridized carbons (Fsp3) is 0.0526. The van der Waals surface area contributed by atoms with Crippen LogP contribution in [-0.2, 0) is 4.79 Å². The summed E-state index contributed by atoms with van der Waals surface area (Å²) in [5, 5.41) is 5.48. The van der Waals surface area contributed by atoms with Gasteiger partial charge in [0, 0.05) is 16.0 Å². The molecule has 6 nitrogen and oxygen atoms in total. The number of anilines is 1. The highest BCUT2D eigenvalue weighted by molar-refractivity contribution is 9.10. The molecule has 0 bridgehead atoms. The zero-order valence-electron chi connectivity index (χ0n) is 13.9. The van der Waals surface area contributed by atoms with Crippen molar-refractivity contribution in [3.05, 3.63) is 86.8 Å². The SMILES string of the molecule is O=C(Nc1nccs1)C(c1ccccc1)n1cnc2cc(Br)ccc2c1=O. The van der Waals surface area contributed by atoms with Gasteiger partial charge in [0.25, 0.3) is 11.5 Å². The van der Waals surface area contributed by atoms with E-state index in [-0.39, 0.29) is 11.5 Å². The van der Waals surface area contributed by atoms with Gasteiger partial charge in [-0.25, -0.2) is 9.97 Å². The molecule has 1 atom stereocenters. The zero-order valence-corrected chi connectivity index (χ0v) is 16.3. The molecule has 0 saturated heterocycles. The Morgan fingerprint density at radius 1 is 1.15 bits per heavy atom. The lowest BCUT2D eigenvalue weighted by Crippen LogP contribution is -2.34. The van der Waals surface area contributed by atoms with Crippen LogP contribution < -0.4 is 10.9 Å². The van der Waals surface area contributed by atoms with Gasteiger partial charge in [0.1, 0.15) is 6.04 Å². The maximum absolute atomic E-state index is 13.1. The lowest BCUT2D eigenvalue weighted by Gasteiger charge is -2.19. The van der Waals surface area contributed by atoms with E-state index in [0.29, 0.717) is 21.6 Å². The van der Waals surface area contributed by atoms with Crippen molar-refractivity contribution in [3.63, 3.8) is 0 Å². The van der Waals surface area contributed by atoms with Crippen LogP contribution in [0.15, 0.2) is 75.7 Å². The number of aromatic nitrogens is 3. The molecule has 0 fully saturated rings. The first-order valence-electron chi connectivity index (χ1n) is 8.05. The van der Waals surface area contributed by atoms with E-state index in [2.05, 4.69) is 31.2 Å². The Balaban J connectivity index is 1.85. The number of fused-ring (bicyclic) bond motifs is 1. The lowest BCUT2D eigenvalue weighted by atomic mass is 10.1. The maximum atomic E-state index is 13.1. The molecular weight excluding hydrogens is 428 g/mol. The number of thiazole rings is 1. The van der Waals surface area contributed by atoms with Crippen molar-refractivity contribution in [1.82, 2.24) is 14.5 Å². The third kappa shape index (κ3) is 3.54. The first-order valence-corrected chi connectivity index (χ1v) is 9.72. The van der Waals surface area contributed by atoms with Crippen LogP contribution >= 0.6 is 27.3 Å². The van der Waals surface area contributed by atoms with Crippen LogP contribution in [0.5, 0.6) is 0 Å². The van der Waals surface area contributed by atoms with Gasteiger partial charge < -0.3 is 0 Å². The van der Waals surface area contributed by atoms with E-state index in [1.165, 1.54) is 22.2 Å². The van der Waals surface area contributed by atoms with Gasteiger partial charge in [-0.3, -0.25) is 19.5 Å². The molecule has 0 saturated carbocycles. The summed E-state index contributed by atoms with van der Waals surface area (Å²) in [5.41, 5.74) is 0.973. The van der Waals surface area contributed by atoms with Gasteiger partial charge in [0.05, 0.1) is 17.2 Å². The van der Waals surface area contributed by atoms with E-state index in [0.717, 1.165) is 4.47 Å². The predicted octanol–water partition coefficient (Wildman–Crippen LogP) is 3.84. The van der Waals surface area contributed by atoms with Crippen molar-refractivity contribution in [2.75, 3.05) is 5.32 Å². The average Bonchev–Trinajstić information content (AvgIpc) is 3.17. The smallest absolute Gasteiger partial charge is 0.262 e. The van der Waals surface area contributed by atoms with Crippen molar-refractivity contribution in [2.24, 2.45) is 0 Å². The van der Waals surface area contributed by atoms with Gasteiger partial charge in [0.15, 0.2) is 5.13 Å². The van der Waals surface area contributed by atoms with E-state index < -0.39 is 6.04 Å². The molecule has 4 rings (SSSR count). The van der Waals surface area contributed by atoms with E-state index in [9.17, 15) is 9.59 Å². The van der Waals surface area contributed by atoms with Gasteiger partial charge in [0.2, 0.25) is 0 Å². The Kier molecular flexibility index (Phi) is 4.83. The second kappa shape index (κ2) is 7.42. The average molecular weight is 441 g/mol. The fourth-order valence-electron chi connectivity index (χ4n) is 2.82. The number of carbonyl (C=O) groups excluding carboxylic acids is 1. The molecule has 2 heterocycles. The van der Waals surface area contributed by atoms with Crippen molar-refractivity contribution in [2.45, 2.75) is 6.04 Å². The summed E-state index contributed by atoms with van der Waals surface area (Å²) in [5.74, 6) is -0.350. The second-order valence-electron chi connectivity index (χ2n) is 5.76. The monoisotopic (exact) mass is 440 g/mol. The molecule has 0 spiro atoms. The second-order valence-corrected chi connectivity index (χ2v) is 7.57. The zero-order chi connectivity index (χ0) is 18.8. The highest BCUT2D eigenvalue weighted by Crippen LogP contribution is 2.22. The number of nitrogens with zero attached hydrogens (tertiary/aromatic N) is 3. The molecule has 0 aliphatic rings. The van der Waals surface area contributed by atoms with Crippen LogP contribution in [0.2, 0.25) is 0 Å². The minimum atomic E-state index is -0.858. The molecule has 2 aromatic carbocycles. The van der Waals surface area contributed by atoms with Crippen LogP contribution in [0.25, 0.3) is 10.9 Å². The summed E-state index contributed by atoms with van der Waals surface area (Å²) in [4.78, 5) is 34.5. The van der Waals surface area contributed by atoms with Crippen LogP contribution in [-0.4, -0.2) is 20.4 Å². The molecule has 0 aliphatic heterocycles. The highest BCUT2D eigenvalue weighted by Gasteiger charge is 2.25. The summed E-state index contributed by atoms with van der Waals surface area (Å²) < 4.78 is 2.19. The molecule has 134 valence electrons. The minimum absolute atomic E-state index is 0.282. The number of amides is 1. The summed E-state index contributed by atoms with van der Waals surface area (Å²) >= 11 is 4.69. The third-order valence-electron chi connectivity index (χ3n) is 4.05. The van der Waals surface area contributed by atoms with Crippen LogP contribution in [0.4, 0.5) is 5.13 Å². The van der Waals surface area contributed by atoms with Crippen molar-refractivity contribution in [3.8, 4) is 0 Å². The number of hydrogen-bond acceptors (Lipinski definition) is 5. The molecule has 0 aliphatic carbocycles. The number of halogens is 1. The number of carbonyl (C=O) groups is 1. The lowest BCUT2D eigenvalue weighted by molar-refractivity contribution is -0.118. The number of benzene rings is 2. The summed E-state index contributed by atoms with van der Waals surface area (Å²) in [6, 6.07) is 13.5. The Morgan fingerprint density at radius 3 is 2.70 bits per heavy atom. The minimum Gasteiger partial charge on any atom is -0.300 e. The molecule has 1 amide bonds. The molecule has 1 unspecified atom stereocenters. The fourth-order valence-corrected chi connectivity index (χ4v) is 3.71. The van der Waals surface area contributed by atoms with Gasteiger partial charge >= 0.3 is 0 Å². The Bertz CT molecular complexity index is 1160. The molecule has 27 heavy (non-hydrogen) atoms. The Morgan fingerprint density at radius 2 is 1.96 bits per heavy atom. The molecule has 1 N–H and O–H groups in total. The predicted molar refractivity (Wildman–Crippen MR) is 109 cm³/mol. The van der Waals surface area contributed by atoms with Crippen molar-refractivity contribution in [1.29, 1.82) is 0 Å². The van der Waals surface area contributed by atoms with E-state index >= 15 is 0 Å². The maximum Gasteiger partial charge on any atom is 0.262 e. The molecule has 8 heteroatoms. The Labute approximate surface area is 166 Å². The Hall–Kier alpha value is -2.84. The normalized spacial score (nSPS) is 12.0. The first-order chi connectivity index (χ1) is 13.1. The largest absolute Gasteiger partial charge is 0.300 e. The van der Waals surface area contributed by atoms with Gasteiger partial charge in [-0.2, -0.15) is 0 Å². The first kappa shape index (κ1) is 17.6. The molecule has 4 aromatic rings. The van der Waals surface area contributed by atoms with Crippen LogP contribution in [0, 0.1) is 0 Å². The van der Waals surface area contributed by atoms with Gasteiger partial charge in [-0.05, 0) is 23.8 Å². The van der Waals surface area contributed by atoms with Gasteiger partial charge in [-0.1, -0.05) is 46.3 Å². The van der Waals surface area contributed by atoms with Gasteiger partial charge in [-0.15, -0.1) is 11.3 Å². The topological polar surface area (TPSA) is 76.9 Å². The summed E-state index contributed by atoms with van der Waals surface area (Å²) in [6.07, 6.45) is 3.02.